The highest BCUT2D eigenvalue weighted by Crippen LogP contribution is 2.14. The number of carbonyl (C=O) groups excluding carboxylic acids is 2. The number of anilines is 1. The van der Waals surface area contributed by atoms with E-state index < -0.39 is 0 Å². The van der Waals surface area contributed by atoms with Crippen molar-refractivity contribution >= 4 is 17.6 Å². The molecule has 0 saturated heterocycles. The molecular formula is C19H20NO3. The van der Waals surface area contributed by atoms with Gasteiger partial charge in [-0.25, -0.2) is 0 Å². The number of methoxy groups -OCH3 is 1. The van der Waals surface area contributed by atoms with Gasteiger partial charge in [0, 0.05) is 11.6 Å². The van der Waals surface area contributed by atoms with Gasteiger partial charge in [-0.15, -0.1) is 0 Å². The summed E-state index contributed by atoms with van der Waals surface area (Å²) in [5, 5.41) is 2.84. The highest BCUT2D eigenvalue weighted by atomic mass is 16.5. The molecule has 0 aromatic heterocycles. The lowest BCUT2D eigenvalue weighted by molar-refractivity contribution is -0.139. The van der Waals surface area contributed by atoms with Crippen molar-refractivity contribution in [3.63, 3.8) is 0 Å². The van der Waals surface area contributed by atoms with Crippen LogP contribution < -0.4 is 5.32 Å². The largest absolute Gasteiger partial charge is 0.469 e. The van der Waals surface area contributed by atoms with E-state index in [1.807, 2.05) is 30.3 Å². The van der Waals surface area contributed by atoms with E-state index in [1.165, 1.54) is 7.11 Å². The lowest BCUT2D eigenvalue weighted by Crippen LogP contribution is -2.22. The van der Waals surface area contributed by atoms with Crippen molar-refractivity contribution in [1.82, 2.24) is 0 Å². The molecule has 0 unspecified atom stereocenters. The number of hydrogen-bond acceptors (Lipinski definition) is 3. The zero-order valence-corrected chi connectivity index (χ0v) is 13.1. The van der Waals surface area contributed by atoms with Crippen molar-refractivity contribution in [2.45, 2.75) is 12.8 Å². The summed E-state index contributed by atoms with van der Waals surface area (Å²) >= 11 is 0. The minimum Gasteiger partial charge on any atom is -0.469 e. The summed E-state index contributed by atoms with van der Waals surface area (Å²) in [6.07, 6.45) is 0.809. The van der Waals surface area contributed by atoms with Crippen LogP contribution in [0.3, 0.4) is 0 Å². The predicted octanol–water partition coefficient (Wildman–Crippen LogP) is 3.03. The van der Waals surface area contributed by atoms with E-state index in [1.54, 1.807) is 24.3 Å². The van der Waals surface area contributed by atoms with Crippen LogP contribution in [-0.2, 0) is 27.2 Å². The van der Waals surface area contributed by atoms with Crippen LogP contribution in [-0.4, -0.2) is 19.0 Å². The van der Waals surface area contributed by atoms with Crippen molar-refractivity contribution < 1.29 is 14.3 Å². The first-order valence-corrected chi connectivity index (χ1v) is 7.42. The molecule has 4 heteroatoms. The molecule has 2 aromatic rings. The van der Waals surface area contributed by atoms with Crippen molar-refractivity contribution in [2.24, 2.45) is 5.92 Å². The second-order valence-corrected chi connectivity index (χ2v) is 5.33. The Kier molecular flexibility index (Phi) is 5.92. The minimum absolute atomic E-state index is 0.130. The molecule has 0 aliphatic rings. The molecule has 0 aliphatic carbocycles. The number of amides is 1. The summed E-state index contributed by atoms with van der Waals surface area (Å²) in [6, 6.07) is 16.9. The van der Waals surface area contributed by atoms with Crippen LogP contribution in [0, 0.1) is 12.8 Å². The molecule has 0 fully saturated rings. The third-order valence-electron chi connectivity index (χ3n) is 3.49. The second kappa shape index (κ2) is 8.13. The van der Waals surface area contributed by atoms with Gasteiger partial charge in [-0.2, -0.15) is 0 Å². The van der Waals surface area contributed by atoms with Gasteiger partial charge >= 0.3 is 5.97 Å². The van der Waals surface area contributed by atoms with E-state index >= 15 is 0 Å². The Balaban J connectivity index is 1.90. The van der Waals surface area contributed by atoms with Gasteiger partial charge in [0.15, 0.2) is 0 Å². The van der Waals surface area contributed by atoms with Gasteiger partial charge in [-0.1, -0.05) is 42.5 Å². The first-order valence-electron chi connectivity index (χ1n) is 7.42. The van der Waals surface area contributed by atoms with Crippen LogP contribution in [0.1, 0.15) is 11.1 Å². The highest BCUT2D eigenvalue weighted by molar-refractivity contribution is 5.93. The van der Waals surface area contributed by atoms with Gasteiger partial charge in [0.1, 0.15) is 0 Å². The van der Waals surface area contributed by atoms with E-state index in [9.17, 15) is 9.59 Å². The second-order valence-electron chi connectivity index (χ2n) is 5.33. The molecule has 0 bridgehead atoms. The maximum absolute atomic E-state index is 12.2. The number of nitrogens with one attached hydrogen (secondary N) is 1. The van der Waals surface area contributed by atoms with Crippen molar-refractivity contribution in [3.05, 3.63) is 72.6 Å². The van der Waals surface area contributed by atoms with E-state index in [-0.39, 0.29) is 24.2 Å². The summed E-state index contributed by atoms with van der Waals surface area (Å²) in [6.45, 7) is 3.92. The normalized spacial score (nSPS) is 11.6. The smallest absolute Gasteiger partial charge is 0.309 e. The predicted molar refractivity (Wildman–Crippen MR) is 89.8 cm³/mol. The summed E-state index contributed by atoms with van der Waals surface area (Å²) in [4.78, 5) is 23.4. The summed E-state index contributed by atoms with van der Waals surface area (Å²) in [7, 11) is 1.36. The molecule has 0 spiro atoms. The first-order chi connectivity index (χ1) is 11.1. The molecule has 2 rings (SSSR count). The van der Waals surface area contributed by atoms with Gasteiger partial charge in [-0.05, 0) is 36.6 Å². The van der Waals surface area contributed by atoms with Crippen molar-refractivity contribution in [3.8, 4) is 0 Å². The Morgan fingerprint density at radius 2 is 1.70 bits per heavy atom. The Hall–Kier alpha value is -2.62. The third-order valence-corrected chi connectivity index (χ3v) is 3.49. The number of ether oxygens (including phenoxy) is 1. The zero-order valence-electron chi connectivity index (χ0n) is 13.1. The van der Waals surface area contributed by atoms with Crippen LogP contribution in [0.4, 0.5) is 5.69 Å². The molecule has 0 heterocycles. The fourth-order valence-corrected chi connectivity index (χ4v) is 2.18. The summed E-state index contributed by atoms with van der Waals surface area (Å²) < 4.78 is 4.62. The number of esters is 1. The number of hydrogen-bond donors (Lipinski definition) is 1. The van der Waals surface area contributed by atoms with Crippen LogP contribution in [0.2, 0.25) is 0 Å². The molecule has 119 valence electrons. The lowest BCUT2D eigenvalue weighted by atomic mass is 10.0. The lowest BCUT2D eigenvalue weighted by Gasteiger charge is -2.12. The quantitative estimate of drug-likeness (QED) is 0.834. The summed E-state index contributed by atoms with van der Waals surface area (Å²) in [5.41, 5.74) is 2.60. The standard InChI is InChI=1S/C19H20NO3/c1-14(12-15-6-4-3-5-7-15)19(22)20-17-10-8-16(9-11-17)13-18(21)23-2/h3-11,14H,1,12-13H2,2H3,(H,20,22)/t14-/m0/s1. The fraction of sp³-hybridized carbons (Fsp3) is 0.211. The molecule has 0 aliphatic heterocycles. The average molecular weight is 310 g/mol. The van der Waals surface area contributed by atoms with Crippen LogP contribution in [0.5, 0.6) is 0 Å². The topological polar surface area (TPSA) is 55.4 Å². The maximum Gasteiger partial charge on any atom is 0.309 e. The molecule has 1 N–H and O–H groups in total. The Morgan fingerprint density at radius 3 is 2.30 bits per heavy atom. The Bertz CT molecular complexity index is 650. The molecule has 1 radical (unpaired) electrons. The molecule has 1 amide bonds. The van der Waals surface area contributed by atoms with Crippen LogP contribution in [0.25, 0.3) is 0 Å². The van der Waals surface area contributed by atoms with E-state index in [0.29, 0.717) is 12.1 Å². The van der Waals surface area contributed by atoms with E-state index in [0.717, 1.165) is 11.1 Å². The Morgan fingerprint density at radius 1 is 1.04 bits per heavy atom. The SMILES string of the molecule is [CH2][C@@H](Cc1ccccc1)C(=O)Nc1ccc(CC(=O)OC)cc1. The van der Waals surface area contributed by atoms with Crippen LogP contribution >= 0.6 is 0 Å². The van der Waals surface area contributed by atoms with E-state index in [2.05, 4.69) is 17.0 Å². The highest BCUT2D eigenvalue weighted by Gasteiger charge is 2.14. The Labute approximate surface area is 136 Å². The molecule has 23 heavy (non-hydrogen) atoms. The van der Waals surface area contributed by atoms with Gasteiger partial charge in [-0.3, -0.25) is 9.59 Å². The van der Waals surface area contributed by atoms with Gasteiger partial charge in [0.05, 0.1) is 13.5 Å². The number of rotatable bonds is 6. The zero-order chi connectivity index (χ0) is 16.7. The molecule has 2 aromatic carbocycles. The fourth-order valence-electron chi connectivity index (χ4n) is 2.18. The number of carbonyl (C=O) groups is 2. The first kappa shape index (κ1) is 16.7. The molecule has 1 atom stereocenters. The van der Waals surface area contributed by atoms with Crippen molar-refractivity contribution in [2.75, 3.05) is 12.4 Å². The van der Waals surface area contributed by atoms with Crippen LogP contribution in [0.15, 0.2) is 54.6 Å². The molecular weight excluding hydrogens is 290 g/mol. The summed E-state index contributed by atoms with van der Waals surface area (Å²) in [5.74, 6) is -0.788. The number of benzene rings is 2. The van der Waals surface area contributed by atoms with Gasteiger partial charge < -0.3 is 10.1 Å². The van der Waals surface area contributed by atoms with E-state index in [4.69, 9.17) is 0 Å². The van der Waals surface area contributed by atoms with Crippen molar-refractivity contribution in [1.29, 1.82) is 0 Å². The third kappa shape index (κ3) is 5.25. The minimum atomic E-state index is -0.368. The molecule has 4 nitrogen and oxygen atoms in total. The van der Waals surface area contributed by atoms with Gasteiger partial charge in [0.25, 0.3) is 0 Å². The molecule has 0 saturated carbocycles. The maximum atomic E-state index is 12.2. The average Bonchev–Trinajstić information content (AvgIpc) is 2.57. The monoisotopic (exact) mass is 310 g/mol. The van der Waals surface area contributed by atoms with Gasteiger partial charge in [0.2, 0.25) is 5.91 Å².